The zero-order chi connectivity index (χ0) is 15.3. The summed E-state index contributed by atoms with van der Waals surface area (Å²) in [6.07, 6.45) is 11.1. The van der Waals surface area contributed by atoms with Crippen molar-refractivity contribution >= 4 is 6.09 Å². The fourth-order valence-electron chi connectivity index (χ4n) is 3.52. The minimum atomic E-state index is -0.416. The van der Waals surface area contributed by atoms with Gasteiger partial charge in [0.15, 0.2) is 0 Å². The highest BCUT2D eigenvalue weighted by Crippen LogP contribution is 2.23. The third-order valence-corrected chi connectivity index (χ3v) is 4.48. The largest absolute Gasteiger partial charge is 0.444 e. The van der Waals surface area contributed by atoms with E-state index in [4.69, 9.17) is 4.74 Å². The lowest BCUT2D eigenvalue weighted by atomic mass is 10.1. The van der Waals surface area contributed by atoms with E-state index in [1.54, 1.807) is 0 Å². The minimum Gasteiger partial charge on any atom is -0.444 e. The number of alkyl carbamates (subject to hydrolysis) is 1. The van der Waals surface area contributed by atoms with Crippen LogP contribution in [-0.2, 0) is 4.74 Å². The Morgan fingerprint density at radius 3 is 2.14 bits per heavy atom. The van der Waals surface area contributed by atoms with Crippen LogP contribution >= 0.6 is 0 Å². The molecule has 4 heteroatoms. The van der Waals surface area contributed by atoms with Crippen LogP contribution in [0.25, 0.3) is 0 Å². The Balaban J connectivity index is 1.69. The zero-order valence-electron chi connectivity index (χ0n) is 13.9. The fourth-order valence-corrected chi connectivity index (χ4v) is 3.52. The Morgan fingerprint density at radius 2 is 1.52 bits per heavy atom. The van der Waals surface area contributed by atoms with E-state index >= 15 is 0 Å². The molecule has 2 N–H and O–H groups in total. The molecule has 2 aliphatic carbocycles. The quantitative estimate of drug-likeness (QED) is 0.780. The lowest BCUT2D eigenvalue weighted by Gasteiger charge is -2.23. The summed E-state index contributed by atoms with van der Waals surface area (Å²) in [6, 6.07) is 1.52. The Hall–Kier alpha value is -0.770. The first-order chi connectivity index (χ1) is 9.92. The Bertz CT molecular complexity index is 330. The lowest BCUT2D eigenvalue weighted by Crippen LogP contribution is -2.40. The smallest absolute Gasteiger partial charge is 0.407 e. The number of carbonyl (C=O) groups is 1. The summed E-state index contributed by atoms with van der Waals surface area (Å²) in [7, 11) is 0. The van der Waals surface area contributed by atoms with Crippen LogP contribution in [0.15, 0.2) is 0 Å². The summed E-state index contributed by atoms with van der Waals surface area (Å²) in [5, 5.41) is 6.83. The predicted octanol–water partition coefficient (Wildman–Crippen LogP) is 3.74. The second-order valence-electron chi connectivity index (χ2n) is 7.71. The van der Waals surface area contributed by atoms with Gasteiger partial charge >= 0.3 is 6.09 Å². The van der Waals surface area contributed by atoms with Gasteiger partial charge in [0.1, 0.15) is 5.60 Å². The Morgan fingerprint density at radius 1 is 0.905 bits per heavy atom. The second kappa shape index (κ2) is 7.48. The van der Waals surface area contributed by atoms with Crippen LogP contribution < -0.4 is 10.6 Å². The van der Waals surface area contributed by atoms with E-state index in [-0.39, 0.29) is 12.1 Å². The van der Waals surface area contributed by atoms with Crippen molar-refractivity contribution in [2.45, 2.75) is 102 Å². The molecule has 0 aromatic rings. The van der Waals surface area contributed by atoms with Crippen molar-refractivity contribution in [2.75, 3.05) is 0 Å². The maximum absolute atomic E-state index is 11.8. The van der Waals surface area contributed by atoms with Gasteiger partial charge in [0.05, 0.1) is 0 Å². The molecule has 0 aromatic carbocycles. The molecule has 122 valence electrons. The third kappa shape index (κ3) is 6.25. The van der Waals surface area contributed by atoms with Crippen LogP contribution in [0, 0.1) is 0 Å². The van der Waals surface area contributed by atoms with Gasteiger partial charge in [0.2, 0.25) is 0 Å². The lowest BCUT2D eigenvalue weighted by molar-refractivity contribution is 0.0505. The van der Waals surface area contributed by atoms with E-state index < -0.39 is 5.60 Å². The number of ether oxygens (including phenoxy) is 1. The van der Waals surface area contributed by atoms with Crippen LogP contribution in [0.1, 0.15) is 78.6 Å². The molecule has 2 unspecified atom stereocenters. The van der Waals surface area contributed by atoms with E-state index in [0.717, 1.165) is 19.3 Å². The summed E-state index contributed by atoms with van der Waals surface area (Å²) < 4.78 is 5.33. The highest BCUT2D eigenvalue weighted by atomic mass is 16.6. The molecule has 0 radical (unpaired) electrons. The summed E-state index contributed by atoms with van der Waals surface area (Å²) >= 11 is 0. The van der Waals surface area contributed by atoms with E-state index in [1.807, 2.05) is 20.8 Å². The molecule has 0 spiro atoms. The minimum absolute atomic E-state index is 0.267. The predicted molar refractivity (Wildman–Crippen MR) is 85.4 cm³/mol. The Labute approximate surface area is 129 Å². The fraction of sp³-hybridized carbons (Fsp3) is 0.941. The molecule has 2 fully saturated rings. The van der Waals surface area contributed by atoms with Crippen molar-refractivity contribution < 1.29 is 9.53 Å². The van der Waals surface area contributed by atoms with Crippen LogP contribution in [-0.4, -0.2) is 29.8 Å². The second-order valence-corrected chi connectivity index (χ2v) is 7.71. The van der Waals surface area contributed by atoms with E-state index in [0.29, 0.717) is 12.1 Å². The van der Waals surface area contributed by atoms with Crippen molar-refractivity contribution in [3.63, 3.8) is 0 Å². The van der Waals surface area contributed by atoms with Crippen molar-refractivity contribution in [1.29, 1.82) is 0 Å². The molecule has 0 saturated heterocycles. The number of hydrogen-bond donors (Lipinski definition) is 2. The van der Waals surface area contributed by atoms with Gasteiger partial charge in [-0.15, -0.1) is 0 Å². The maximum atomic E-state index is 11.8. The number of carbonyl (C=O) groups excluding carboxylic acids is 1. The third-order valence-electron chi connectivity index (χ3n) is 4.48. The highest BCUT2D eigenvalue weighted by molar-refractivity contribution is 5.68. The molecule has 4 nitrogen and oxygen atoms in total. The Kier molecular flexibility index (Phi) is 5.91. The van der Waals surface area contributed by atoms with Crippen molar-refractivity contribution in [3.8, 4) is 0 Å². The van der Waals surface area contributed by atoms with Crippen LogP contribution in [0.2, 0.25) is 0 Å². The topological polar surface area (TPSA) is 50.4 Å². The molecule has 1 amide bonds. The maximum Gasteiger partial charge on any atom is 0.407 e. The molecule has 2 aliphatic rings. The van der Waals surface area contributed by atoms with Crippen molar-refractivity contribution in [2.24, 2.45) is 0 Å². The average Bonchev–Trinajstić information content (AvgIpc) is 2.62. The number of amides is 1. The monoisotopic (exact) mass is 296 g/mol. The molecular weight excluding hydrogens is 264 g/mol. The normalized spacial score (nSPS) is 28.1. The van der Waals surface area contributed by atoms with E-state index in [9.17, 15) is 4.79 Å². The van der Waals surface area contributed by atoms with Gasteiger partial charge in [-0.3, -0.25) is 0 Å². The van der Waals surface area contributed by atoms with Gasteiger partial charge in [-0.1, -0.05) is 25.7 Å². The molecule has 2 saturated carbocycles. The zero-order valence-corrected chi connectivity index (χ0v) is 13.9. The number of rotatable bonds is 3. The standard InChI is InChI=1S/C17H32N2O2/c1-17(2,3)21-16(20)19-15-11-10-14(12-15)18-13-8-6-4-5-7-9-13/h13-15,18H,4-12H2,1-3H3,(H,19,20). The van der Waals surface area contributed by atoms with E-state index in [2.05, 4.69) is 10.6 Å². The first-order valence-corrected chi connectivity index (χ1v) is 8.68. The average molecular weight is 296 g/mol. The van der Waals surface area contributed by atoms with Crippen LogP contribution in [0.3, 0.4) is 0 Å². The summed E-state index contributed by atoms with van der Waals surface area (Å²) in [5.74, 6) is 0. The summed E-state index contributed by atoms with van der Waals surface area (Å²) in [4.78, 5) is 11.8. The molecule has 0 aliphatic heterocycles. The van der Waals surface area contributed by atoms with Gasteiger partial charge in [0.25, 0.3) is 0 Å². The van der Waals surface area contributed by atoms with Crippen molar-refractivity contribution in [3.05, 3.63) is 0 Å². The van der Waals surface area contributed by atoms with Gasteiger partial charge in [-0.25, -0.2) is 4.79 Å². The first kappa shape index (κ1) is 16.6. The van der Waals surface area contributed by atoms with Gasteiger partial charge < -0.3 is 15.4 Å². The summed E-state index contributed by atoms with van der Waals surface area (Å²) in [5.41, 5.74) is -0.416. The molecule has 0 bridgehead atoms. The van der Waals surface area contributed by atoms with Crippen LogP contribution in [0.4, 0.5) is 4.79 Å². The molecule has 0 aromatic heterocycles. The number of nitrogens with one attached hydrogen (secondary N) is 2. The van der Waals surface area contributed by atoms with E-state index in [1.165, 1.54) is 38.5 Å². The van der Waals surface area contributed by atoms with Gasteiger partial charge in [-0.05, 0) is 52.9 Å². The van der Waals surface area contributed by atoms with Crippen molar-refractivity contribution in [1.82, 2.24) is 10.6 Å². The SMILES string of the molecule is CC(C)(C)OC(=O)NC1CCC(NC2CCCCCC2)C1. The molecule has 2 atom stereocenters. The molecule has 21 heavy (non-hydrogen) atoms. The molecular formula is C17H32N2O2. The number of hydrogen-bond acceptors (Lipinski definition) is 3. The molecule has 0 heterocycles. The van der Waals surface area contributed by atoms with Gasteiger partial charge in [-0.2, -0.15) is 0 Å². The van der Waals surface area contributed by atoms with Gasteiger partial charge in [0, 0.05) is 18.1 Å². The first-order valence-electron chi connectivity index (χ1n) is 8.68. The molecule has 2 rings (SSSR count). The van der Waals surface area contributed by atoms with Crippen LogP contribution in [0.5, 0.6) is 0 Å². The highest BCUT2D eigenvalue weighted by Gasteiger charge is 2.29. The summed E-state index contributed by atoms with van der Waals surface area (Å²) in [6.45, 7) is 5.70.